The van der Waals surface area contributed by atoms with Crippen LogP contribution in [0.3, 0.4) is 0 Å². The molecule has 1 aromatic heterocycles. The highest BCUT2D eigenvalue weighted by Gasteiger charge is 2.42. The molecule has 1 aliphatic heterocycles. The summed E-state index contributed by atoms with van der Waals surface area (Å²) >= 11 is 1.28. The molecule has 4 rings (SSSR count). The van der Waals surface area contributed by atoms with E-state index in [1.54, 1.807) is 9.58 Å². The number of para-hydroxylation sites is 1. The van der Waals surface area contributed by atoms with Crippen molar-refractivity contribution in [1.29, 1.82) is 0 Å². The standard InChI is InChI=1S/C17H21N5O3S2/c1-12-4-2-3-5-15(12)22-17(18-19-20-22)26-10-16(23)21(13-6-7-13)14-8-9-27(24,25)11-14/h2-5,13-14H,6-11H2,1H3/t14-/m0/s1. The molecule has 0 spiro atoms. The minimum absolute atomic E-state index is 0.0380. The SMILES string of the molecule is Cc1ccccc1-n1nnnc1SCC(=O)N(C1CC1)[C@H]1CCS(=O)(=O)C1. The van der Waals surface area contributed by atoms with Crippen LogP contribution in [0.5, 0.6) is 0 Å². The molecule has 10 heteroatoms. The average molecular weight is 408 g/mol. The fourth-order valence-corrected chi connectivity index (χ4v) is 5.94. The molecule has 2 fully saturated rings. The fraction of sp³-hybridized carbons (Fsp3) is 0.529. The van der Waals surface area contributed by atoms with Gasteiger partial charge in [0.1, 0.15) is 0 Å². The second kappa shape index (κ2) is 7.23. The van der Waals surface area contributed by atoms with Crippen molar-refractivity contribution in [3.63, 3.8) is 0 Å². The number of sulfone groups is 1. The first-order chi connectivity index (χ1) is 12.9. The van der Waals surface area contributed by atoms with Crippen LogP contribution in [-0.4, -0.2) is 68.8 Å². The van der Waals surface area contributed by atoms with E-state index < -0.39 is 9.84 Å². The number of aromatic nitrogens is 4. The molecule has 1 amide bonds. The van der Waals surface area contributed by atoms with Crippen LogP contribution in [0.15, 0.2) is 29.4 Å². The Morgan fingerprint density at radius 2 is 2.04 bits per heavy atom. The zero-order chi connectivity index (χ0) is 19.0. The minimum Gasteiger partial charge on any atom is -0.335 e. The van der Waals surface area contributed by atoms with Gasteiger partial charge in [0.2, 0.25) is 11.1 Å². The maximum atomic E-state index is 12.9. The maximum Gasteiger partial charge on any atom is 0.233 e. The number of benzene rings is 1. The van der Waals surface area contributed by atoms with Crippen molar-refractivity contribution < 1.29 is 13.2 Å². The first-order valence-electron chi connectivity index (χ1n) is 8.93. The predicted octanol–water partition coefficient (Wildman–Crippen LogP) is 1.24. The molecular weight excluding hydrogens is 386 g/mol. The zero-order valence-corrected chi connectivity index (χ0v) is 16.6. The largest absolute Gasteiger partial charge is 0.335 e. The van der Waals surface area contributed by atoms with E-state index in [1.165, 1.54) is 11.8 Å². The Labute approximate surface area is 162 Å². The number of aryl methyl sites for hydroxylation is 1. The molecule has 144 valence electrons. The summed E-state index contributed by atoms with van der Waals surface area (Å²) in [5.41, 5.74) is 1.91. The van der Waals surface area contributed by atoms with Crippen LogP contribution in [0, 0.1) is 6.92 Å². The second-order valence-corrected chi connectivity index (χ2v) is 10.2. The number of nitrogens with zero attached hydrogens (tertiary/aromatic N) is 5. The van der Waals surface area contributed by atoms with Crippen LogP contribution in [0.25, 0.3) is 5.69 Å². The van der Waals surface area contributed by atoms with E-state index in [-0.39, 0.29) is 35.2 Å². The van der Waals surface area contributed by atoms with Gasteiger partial charge in [-0.3, -0.25) is 4.79 Å². The molecule has 8 nitrogen and oxygen atoms in total. The molecule has 0 N–H and O–H groups in total. The highest BCUT2D eigenvalue weighted by Crippen LogP contribution is 2.33. The van der Waals surface area contributed by atoms with E-state index in [0.717, 1.165) is 24.1 Å². The van der Waals surface area contributed by atoms with Crippen molar-refractivity contribution in [1.82, 2.24) is 25.1 Å². The molecule has 2 heterocycles. The number of hydrogen-bond acceptors (Lipinski definition) is 7. The van der Waals surface area contributed by atoms with Gasteiger partial charge in [-0.25, -0.2) is 8.42 Å². The van der Waals surface area contributed by atoms with Gasteiger partial charge < -0.3 is 4.90 Å². The zero-order valence-electron chi connectivity index (χ0n) is 15.0. The summed E-state index contributed by atoms with van der Waals surface area (Å²) in [6, 6.07) is 7.76. The Hall–Kier alpha value is -1.94. The number of amides is 1. The molecule has 1 saturated heterocycles. The minimum atomic E-state index is -3.02. The third-order valence-corrected chi connectivity index (χ3v) is 7.59. The smallest absolute Gasteiger partial charge is 0.233 e. The molecule has 1 atom stereocenters. The Morgan fingerprint density at radius 1 is 1.26 bits per heavy atom. The summed E-state index contributed by atoms with van der Waals surface area (Å²) in [5, 5.41) is 12.4. The van der Waals surface area contributed by atoms with Crippen LogP contribution in [0.1, 0.15) is 24.8 Å². The Balaban J connectivity index is 1.47. The third-order valence-electron chi connectivity index (χ3n) is 4.94. The Bertz CT molecular complexity index is 955. The van der Waals surface area contributed by atoms with Crippen molar-refractivity contribution in [3.05, 3.63) is 29.8 Å². The molecule has 0 unspecified atom stereocenters. The lowest BCUT2D eigenvalue weighted by Gasteiger charge is -2.28. The number of tetrazole rings is 1. The van der Waals surface area contributed by atoms with Crippen LogP contribution < -0.4 is 0 Å². The number of hydrogen-bond donors (Lipinski definition) is 0. The van der Waals surface area contributed by atoms with Crippen molar-refractivity contribution in [2.45, 2.75) is 43.4 Å². The van der Waals surface area contributed by atoms with Crippen molar-refractivity contribution >= 4 is 27.5 Å². The summed E-state index contributed by atoms with van der Waals surface area (Å²) in [6.45, 7) is 1.98. The average Bonchev–Trinajstić information content (AvgIpc) is 3.23. The quantitative estimate of drug-likeness (QED) is 0.665. The molecule has 1 aliphatic carbocycles. The molecule has 0 bridgehead atoms. The Kier molecular flexibility index (Phi) is 4.94. The molecule has 1 saturated carbocycles. The molecule has 2 aliphatic rings. The van der Waals surface area contributed by atoms with Gasteiger partial charge >= 0.3 is 0 Å². The van der Waals surface area contributed by atoms with Crippen LogP contribution in [-0.2, 0) is 14.6 Å². The van der Waals surface area contributed by atoms with Gasteiger partial charge in [0.25, 0.3) is 0 Å². The molecule has 2 aromatic rings. The lowest BCUT2D eigenvalue weighted by Crippen LogP contribution is -2.43. The van der Waals surface area contributed by atoms with Gasteiger partial charge in [0.05, 0.1) is 22.9 Å². The topological polar surface area (TPSA) is 98.1 Å². The van der Waals surface area contributed by atoms with Crippen LogP contribution in [0.2, 0.25) is 0 Å². The molecule has 0 radical (unpaired) electrons. The van der Waals surface area contributed by atoms with Crippen LogP contribution >= 0.6 is 11.8 Å². The molecule has 1 aromatic carbocycles. The summed E-state index contributed by atoms with van der Waals surface area (Å²) in [4.78, 5) is 14.7. The van der Waals surface area contributed by atoms with Gasteiger partial charge in [-0.2, -0.15) is 4.68 Å². The predicted molar refractivity (Wildman–Crippen MR) is 102 cm³/mol. The molecular formula is C17H21N5O3S2. The summed E-state index contributed by atoms with van der Waals surface area (Å²) in [5.74, 6) is 0.413. The van der Waals surface area contributed by atoms with E-state index in [1.807, 2.05) is 31.2 Å². The number of thioether (sulfide) groups is 1. The second-order valence-electron chi connectivity index (χ2n) is 7.04. The van der Waals surface area contributed by atoms with Gasteiger partial charge in [0, 0.05) is 12.1 Å². The summed E-state index contributed by atoms with van der Waals surface area (Å²) < 4.78 is 25.3. The van der Waals surface area contributed by atoms with Crippen molar-refractivity contribution in [2.75, 3.05) is 17.3 Å². The van der Waals surface area contributed by atoms with E-state index in [9.17, 15) is 13.2 Å². The van der Waals surface area contributed by atoms with Gasteiger partial charge in [-0.05, 0) is 48.2 Å². The van der Waals surface area contributed by atoms with E-state index in [0.29, 0.717) is 11.6 Å². The van der Waals surface area contributed by atoms with E-state index >= 15 is 0 Å². The summed E-state index contributed by atoms with van der Waals surface area (Å²) in [6.07, 6.45) is 2.44. The highest BCUT2D eigenvalue weighted by atomic mass is 32.2. The highest BCUT2D eigenvalue weighted by molar-refractivity contribution is 7.99. The fourth-order valence-electron chi connectivity index (χ4n) is 3.47. The van der Waals surface area contributed by atoms with Crippen molar-refractivity contribution in [3.8, 4) is 5.69 Å². The van der Waals surface area contributed by atoms with Gasteiger partial charge in [0.15, 0.2) is 9.84 Å². The van der Waals surface area contributed by atoms with Gasteiger partial charge in [-0.15, -0.1) is 5.10 Å². The number of carbonyl (C=O) groups is 1. The summed E-state index contributed by atoms with van der Waals surface area (Å²) in [7, 11) is -3.02. The lowest BCUT2D eigenvalue weighted by molar-refractivity contribution is -0.130. The number of carbonyl (C=O) groups excluding carboxylic acids is 1. The first kappa shape index (κ1) is 18.4. The first-order valence-corrected chi connectivity index (χ1v) is 11.7. The number of rotatable bonds is 6. The van der Waals surface area contributed by atoms with Crippen molar-refractivity contribution in [2.24, 2.45) is 0 Å². The third kappa shape index (κ3) is 4.01. The van der Waals surface area contributed by atoms with Crippen LogP contribution in [0.4, 0.5) is 0 Å². The Morgan fingerprint density at radius 3 is 2.70 bits per heavy atom. The maximum absolute atomic E-state index is 12.9. The normalized spacial score (nSPS) is 21.3. The molecule has 27 heavy (non-hydrogen) atoms. The van der Waals surface area contributed by atoms with E-state index in [4.69, 9.17) is 0 Å². The monoisotopic (exact) mass is 407 g/mol. The van der Waals surface area contributed by atoms with E-state index in [2.05, 4.69) is 15.5 Å². The van der Waals surface area contributed by atoms with Gasteiger partial charge in [-0.1, -0.05) is 30.0 Å². The lowest BCUT2D eigenvalue weighted by atomic mass is 10.2.